The molecular weight excluding hydrogens is 1340 g/mol. The summed E-state index contributed by atoms with van der Waals surface area (Å²) >= 11 is 27.9. The van der Waals surface area contributed by atoms with Crippen LogP contribution in [0.3, 0.4) is 0 Å². The van der Waals surface area contributed by atoms with Crippen LogP contribution in [0.4, 0.5) is 0 Å². The highest BCUT2D eigenvalue weighted by molar-refractivity contribution is 9.12. The third-order valence-electron chi connectivity index (χ3n) is 9.30. The molecule has 63 heavy (non-hydrogen) atoms. The Kier molecular flexibility index (Phi) is 20.7. The van der Waals surface area contributed by atoms with Crippen LogP contribution in [0.25, 0.3) is 0 Å². The van der Waals surface area contributed by atoms with Crippen molar-refractivity contribution in [1.29, 1.82) is 0 Å². The van der Waals surface area contributed by atoms with Crippen LogP contribution in [0.2, 0.25) is 0 Å². The van der Waals surface area contributed by atoms with Gasteiger partial charge in [-0.15, -0.1) is 0 Å². The standard InChI is InChI=1S/C26H30Br4O7.C19H16Br4O3/c1-8-13(31)37-25-18(29)23(35-11-4)15(24(19(25)30)36-12-5)26(6,7)14-21(33-9-2)16(27)20(32)17(28)22(14)34-10-3;1-9(2)18(25)26-17-14(22)7-11(8-15(17)23)19(3,4)10-5-12(20)16(24)13(21)6-10/h8,32H,1,9-12H2,2-7H3;5-8,24H,1H2,2-4H3. The van der Waals surface area contributed by atoms with Gasteiger partial charge in [0.2, 0.25) is 0 Å². The summed E-state index contributed by atoms with van der Waals surface area (Å²) in [5.74, 6) is 1.25. The van der Waals surface area contributed by atoms with Crippen LogP contribution in [0.5, 0.6) is 46.0 Å². The SMILES string of the molecule is C=C(C)C(=O)Oc1c(Br)cc(C(C)(C)c2cc(Br)c(O)c(Br)c2)cc1Br.C=CC(=O)Oc1c(Br)c(OCC)c(C(C)(C)c2c(OCC)c(Br)c(O)c(Br)c2OCC)c(OCC)c1Br. The maximum Gasteiger partial charge on any atom is 0.338 e. The lowest BCUT2D eigenvalue weighted by Gasteiger charge is -2.35. The molecule has 0 amide bonds. The quantitative estimate of drug-likeness (QED) is 0.0635. The zero-order chi connectivity index (χ0) is 47.9. The van der Waals surface area contributed by atoms with Crippen molar-refractivity contribution in [2.24, 2.45) is 0 Å². The number of halogens is 8. The minimum Gasteiger partial charge on any atom is -0.506 e. The Bertz CT molecular complexity index is 2300. The van der Waals surface area contributed by atoms with Crippen LogP contribution < -0.4 is 28.4 Å². The first-order valence-electron chi connectivity index (χ1n) is 19.1. The average Bonchev–Trinajstić information content (AvgIpc) is 3.22. The zero-order valence-corrected chi connectivity index (χ0v) is 48.5. The Morgan fingerprint density at radius 1 is 0.556 bits per heavy atom. The number of rotatable bonds is 16. The Balaban J connectivity index is 0.000000356. The summed E-state index contributed by atoms with van der Waals surface area (Å²) in [5, 5.41) is 20.8. The van der Waals surface area contributed by atoms with E-state index in [1.54, 1.807) is 6.92 Å². The van der Waals surface area contributed by atoms with Gasteiger partial charge in [0.15, 0.2) is 17.2 Å². The molecule has 0 unspecified atom stereocenters. The average molecular weight is 1390 g/mol. The van der Waals surface area contributed by atoms with Crippen LogP contribution in [0.15, 0.2) is 84.9 Å². The van der Waals surface area contributed by atoms with E-state index < -0.39 is 17.4 Å². The third kappa shape index (κ3) is 12.3. The Hall–Kier alpha value is -2.06. The van der Waals surface area contributed by atoms with Crippen molar-refractivity contribution in [3.63, 3.8) is 0 Å². The van der Waals surface area contributed by atoms with Crippen molar-refractivity contribution in [2.45, 2.75) is 73.1 Å². The second-order valence-corrected chi connectivity index (χ2v) is 20.9. The van der Waals surface area contributed by atoms with Crippen LogP contribution in [0.1, 0.15) is 84.6 Å². The Labute approximate surface area is 435 Å². The molecule has 0 spiro atoms. The van der Waals surface area contributed by atoms with Crippen molar-refractivity contribution < 1.29 is 48.2 Å². The summed E-state index contributed by atoms with van der Waals surface area (Å²) in [6.45, 7) is 25.5. The van der Waals surface area contributed by atoms with Gasteiger partial charge in [-0.3, -0.25) is 0 Å². The molecule has 0 aromatic heterocycles. The van der Waals surface area contributed by atoms with E-state index in [2.05, 4.69) is 154 Å². The topological polar surface area (TPSA) is 130 Å². The highest BCUT2D eigenvalue weighted by Gasteiger charge is 2.42. The van der Waals surface area contributed by atoms with Crippen LogP contribution >= 0.6 is 127 Å². The molecule has 18 heteroatoms. The molecule has 4 rings (SSSR count). The largest absolute Gasteiger partial charge is 0.506 e. The Morgan fingerprint density at radius 2 is 0.905 bits per heavy atom. The van der Waals surface area contributed by atoms with Gasteiger partial charge in [-0.1, -0.05) is 40.9 Å². The normalized spacial score (nSPS) is 11.3. The van der Waals surface area contributed by atoms with Gasteiger partial charge < -0.3 is 38.6 Å². The van der Waals surface area contributed by atoms with Gasteiger partial charge in [-0.2, -0.15) is 0 Å². The monoisotopic (exact) mass is 1380 g/mol. The molecule has 0 fully saturated rings. The molecule has 4 aromatic carbocycles. The van der Waals surface area contributed by atoms with Crippen LogP contribution in [0, 0.1) is 0 Å². The van der Waals surface area contributed by atoms with Crippen molar-refractivity contribution in [3.8, 4) is 46.0 Å². The van der Waals surface area contributed by atoms with E-state index in [9.17, 15) is 19.8 Å². The smallest absolute Gasteiger partial charge is 0.338 e. The number of hydrogen-bond acceptors (Lipinski definition) is 10. The van der Waals surface area contributed by atoms with Gasteiger partial charge in [0.1, 0.15) is 46.6 Å². The molecule has 0 saturated heterocycles. The summed E-state index contributed by atoms with van der Waals surface area (Å²) in [4.78, 5) is 24.0. The summed E-state index contributed by atoms with van der Waals surface area (Å²) in [6.07, 6.45) is 1.08. The molecule has 2 N–H and O–H groups in total. The van der Waals surface area contributed by atoms with Crippen LogP contribution in [-0.4, -0.2) is 48.6 Å². The van der Waals surface area contributed by atoms with Crippen LogP contribution in [-0.2, 0) is 20.4 Å². The van der Waals surface area contributed by atoms with E-state index in [0.717, 1.165) is 17.2 Å². The first-order valence-corrected chi connectivity index (χ1v) is 25.4. The number of hydrogen-bond donors (Lipinski definition) is 2. The number of phenols is 2. The zero-order valence-electron chi connectivity index (χ0n) is 35.8. The minimum absolute atomic E-state index is 0.0458. The molecule has 0 aliphatic rings. The maximum atomic E-state index is 12.1. The van der Waals surface area contributed by atoms with E-state index in [4.69, 9.17) is 28.4 Å². The van der Waals surface area contributed by atoms with Gasteiger partial charge in [0, 0.05) is 33.6 Å². The van der Waals surface area contributed by atoms with E-state index in [1.165, 1.54) is 0 Å². The summed E-state index contributed by atoms with van der Waals surface area (Å²) < 4.78 is 39.4. The fourth-order valence-electron chi connectivity index (χ4n) is 6.16. The number of esters is 2. The first kappa shape index (κ1) is 55.3. The van der Waals surface area contributed by atoms with Gasteiger partial charge >= 0.3 is 11.9 Å². The maximum absolute atomic E-state index is 12.1. The van der Waals surface area contributed by atoms with E-state index >= 15 is 0 Å². The van der Waals surface area contributed by atoms with E-state index in [1.807, 2.05) is 65.8 Å². The fourth-order valence-corrected chi connectivity index (χ4v) is 11.4. The fraction of sp³-hybridized carbons (Fsp3) is 0.333. The summed E-state index contributed by atoms with van der Waals surface area (Å²) in [5.41, 5.74) is 2.32. The highest BCUT2D eigenvalue weighted by Crippen LogP contribution is 2.60. The lowest BCUT2D eigenvalue weighted by atomic mass is 9.75. The number of aromatic hydroxyl groups is 2. The van der Waals surface area contributed by atoms with Gasteiger partial charge in [0.05, 0.1) is 44.3 Å². The van der Waals surface area contributed by atoms with Gasteiger partial charge in [0.25, 0.3) is 0 Å². The number of carbonyl (C=O) groups excluding carboxylic acids is 2. The first-order chi connectivity index (χ1) is 29.4. The predicted molar refractivity (Wildman–Crippen MR) is 276 cm³/mol. The Morgan fingerprint density at radius 3 is 1.24 bits per heavy atom. The van der Waals surface area contributed by atoms with Crippen molar-refractivity contribution in [3.05, 3.63) is 107 Å². The number of carbonyl (C=O) groups is 2. The third-order valence-corrected chi connectivity index (χ3v) is 14.6. The molecule has 0 radical (unpaired) electrons. The van der Waals surface area contributed by atoms with Crippen molar-refractivity contribution in [2.75, 3.05) is 26.4 Å². The van der Waals surface area contributed by atoms with Crippen molar-refractivity contribution in [1.82, 2.24) is 0 Å². The molecule has 342 valence electrons. The second-order valence-electron chi connectivity index (χ2n) is 14.3. The van der Waals surface area contributed by atoms with Crippen molar-refractivity contribution >= 4 is 139 Å². The molecule has 0 saturated carbocycles. The molecular formula is C45H46Br8O10. The van der Waals surface area contributed by atoms with E-state index in [-0.39, 0.29) is 22.7 Å². The number of phenolic OH excluding ortho intramolecular Hbond substituents is 2. The predicted octanol–water partition coefficient (Wildman–Crippen LogP) is 15.7. The highest BCUT2D eigenvalue weighted by atomic mass is 79.9. The molecule has 0 heterocycles. The lowest BCUT2D eigenvalue weighted by molar-refractivity contribution is -0.130. The molecule has 0 aliphatic heterocycles. The van der Waals surface area contributed by atoms with Gasteiger partial charge in [-0.05, 0) is 197 Å². The molecule has 4 aromatic rings. The second kappa shape index (κ2) is 23.6. The number of ether oxygens (including phenoxy) is 6. The number of benzene rings is 4. The summed E-state index contributed by atoms with van der Waals surface area (Å²) in [6, 6.07) is 7.61. The van der Waals surface area contributed by atoms with E-state index in [0.29, 0.717) is 108 Å². The lowest BCUT2D eigenvalue weighted by Crippen LogP contribution is -2.25. The minimum atomic E-state index is -0.908. The molecule has 0 bridgehead atoms. The molecule has 10 nitrogen and oxygen atoms in total. The summed E-state index contributed by atoms with van der Waals surface area (Å²) in [7, 11) is 0. The molecule has 0 atom stereocenters. The van der Waals surface area contributed by atoms with Gasteiger partial charge in [-0.25, -0.2) is 9.59 Å². The molecule has 0 aliphatic carbocycles.